The lowest BCUT2D eigenvalue weighted by Crippen LogP contribution is -2.40. The number of rotatable bonds is 7. The number of carbonyl (C=O) groups excluding carboxylic acids is 1. The second-order valence-corrected chi connectivity index (χ2v) is 10.0. The fourth-order valence-electron chi connectivity index (χ4n) is 4.10. The van der Waals surface area contributed by atoms with Crippen LogP contribution in [-0.4, -0.2) is 45.2 Å². The summed E-state index contributed by atoms with van der Waals surface area (Å²) < 4.78 is 34.4. The van der Waals surface area contributed by atoms with E-state index in [1.807, 2.05) is 24.8 Å². The minimum atomic E-state index is -3.99. The summed E-state index contributed by atoms with van der Waals surface area (Å²) in [4.78, 5) is 25.9. The zero-order chi connectivity index (χ0) is 24.3. The van der Waals surface area contributed by atoms with Crippen LogP contribution in [0.1, 0.15) is 46.8 Å². The van der Waals surface area contributed by atoms with Crippen LogP contribution >= 0.6 is 0 Å². The van der Waals surface area contributed by atoms with Gasteiger partial charge in [-0.05, 0) is 81.5 Å². The molecule has 1 atom stereocenters. The van der Waals surface area contributed by atoms with Crippen molar-refractivity contribution in [2.24, 2.45) is 5.92 Å². The summed E-state index contributed by atoms with van der Waals surface area (Å²) >= 11 is 0. The number of nitrogens with zero attached hydrogens (tertiary/aromatic N) is 1. The standard InChI is InChI=1S/C24H30N2O6S/c1-5-32-24(29)19-7-6-10-26(14-19)21-9-8-18(23(27)28)13-20(21)25-33(30,31)22-12-16(3)15(2)11-17(22)4/h8-9,11-13,19,25H,5-7,10,14H2,1-4H3,(H,27,28). The summed E-state index contributed by atoms with van der Waals surface area (Å²) in [6.07, 6.45) is 1.41. The van der Waals surface area contributed by atoms with Crippen molar-refractivity contribution in [2.75, 3.05) is 29.3 Å². The largest absolute Gasteiger partial charge is 0.478 e. The maximum atomic E-state index is 13.3. The molecule has 1 unspecified atom stereocenters. The molecule has 8 nitrogen and oxygen atoms in total. The minimum Gasteiger partial charge on any atom is -0.478 e. The Morgan fingerprint density at radius 3 is 2.48 bits per heavy atom. The number of sulfonamides is 1. The van der Waals surface area contributed by atoms with E-state index in [-0.39, 0.29) is 28.0 Å². The summed E-state index contributed by atoms with van der Waals surface area (Å²) in [5, 5.41) is 9.46. The van der Waals surface area contributed by atoms with Crippen molar-refractivity contribution in [3.63, 3.8) is 0 Å². The number of anilines is 2. The van der Waals surface area contributed by atoms with Crippen LogP contribution < -0.4 is 9.62 Å². The molecule has 2 aromatic rings. The molecule has 0 bridgehead atoms. The lowest BCUT2D eigenvalue weighted by Gasteiger charge is -2.34. The summed E-state index contributed by atoms with van der Waals surface area (Å²) in [5.74, 6) is -1.77. The van der Waals surface area contributed by atoms with Crippen LogP contribution in [0.5, 0.6) is 0 Å². The Labute approximate surface area is 194 Å². The third-order valence-electron chi connectivity index (χ3n) is 5.95. The van der Waals surface area contributed by atoms with E-state index in [2.05, 4.69) is 4.72 Å². The van der Waals surface area contributed by atoms with Crippen LogP contribution in [0.3, 0.4) is 0 Å². The van der Waals surface area contributed by atoms with Gasteiger partial charge in [0, 0.05) is 13.1 Å². The van der Waals surface area contributed by atoms with Gasteiger partial charge in [-0.15, -0.1) is 0 Å². The molecular formula is C24H30N2O6S. The van der Waals surface area contributed by atoms with Gasteiger partial charge in [-0.2, -0.15) is 0 Å². The third-order valence-corrected chi connectivity index (χ3v) is 7.46. The number of esters is 1. The topological polar surface area (TPSA) is 113 Å². The van der Waals surface area contributed by atoms with E-state index in [0.717, 1.165) is 17.5 Å². The van der Waals surface area contributed by atoms with Crippen molar-refractivity contribution in [1.29, 1.82) is 0 Å². The van der Waals surface area contributed by atoms with E-state index in [9.17, 15) is 23.1 Å². The highest BCUT2D eigenvalue weighted by molar-refractivity contribution is 7.92. The molecule has 33 heavy (non-hydrogen) atoms. The highest BCUT2D eigenvalue weighted by atomic mass is 32.2. The maximum absolute atomic E-state index is 13.3. The van der Waals surface area contributed by atoms with Crippen molar-refractivity contribution in [1.82, 2.24) is 0 Å². The molecule has 178 valence electrons. The van der Waals surface area contributed by atoms with Crippen LogP contribution in [0, 0.1) is 26.7 Å². The van der Waals surface area contributed by atoms with Gasteiger partial charge in [-0.3, -0.25) is 9.52 Å². The van der Waals surface area contributed by atoms with E-state index < -0.39 is 16.0 Å². The van der Waals surface area contributed by atoms with Crippen molar-refractivity contribution >= 4 is 33.3 Å². The van der Waals surface area contributed by atoms with Crippen molar-refractivity contribution in [3.05, 3.63) is 52.6 Å². The summed E-state index contributed by atoms with van der Waals surface area (Å²) in [6, 6.07) is 7.77. The number of carboxylic acid groups (broad SMARTS) is 1. The smallest absolute Gasteiger partial charge is 0.335 e. The van der Waals surface area contributed by atoms with Crippen LogP contribution in [0.15, 0.2) is 35.2 Å². The molecule has 0 aliphatic carbocycles. The van der Waals surface area contributed by atoms with Crippen molar-refractivity contribution in [3.8, 4) is 0 Å². The molecule has 1 heterocycles. The van der Waals surface area contributed by atoms with E-state index in [1.54, 1.807) is 26.0 Å². The molecule has 0 spiro atoms. The van der Waals surface area contributed by atoms with Crippen LogP contribution in [-0.2, 0) is 19.6 Å². The number of ether oxygens (including phenoxy) is 1. The molecule has 0 saturated carbocycles. The lowest BCUT2D eigenvalue weighted by atomic mass is 9.97. The van der Waals surface area contributed by atoms with E-state index >= 15 is 0 Å². The number of hydrogen-bond acceptors (Lipinski definition) is 6. The van der Waals surface area contributed by atoms with Gasteiger partial charge in [0.15, 0.2) is 0 Å². The number of aromatic carboxylic acids is 1. The normalized spacial score (nSPS) is 16.4. The van der Waals surface area contributed by atoms with Gasteiger partial charge in [-0.25, -0.2) is 13.2 Å². The van der Waals surface area contributed by atoms with E-state index in [0.29, 0.717) is 37.4 Å². The summed E-state index contributed by atoms with van der Waals surface area (Å²) in [6.45, 7) is 8.50. The van der Waals surface area contributed by atoms with Crippen LogP contribution in [0.2, 0.25) is 0 Å². The average molecular weight is 475 g/mol. The lowest BCUT2D eigenvalue weighted by molar-refractivity contribution is -0.148. The van der Waals surface area contributed by atoms with Gasteiger partial charge in [0.25, 0.3) is 10.0 Å². The number of carboxylic acids is 1. The molecule has 1 saturated heterocycles. The number of hydrogen-bond donors (Lipinski definition) is 2. The molecule has 2 N–H and O–H groups in total. The van der Waals surface area contributed by atoms with Gasteiger partial charge >= 0.3 is 11.9 Å². The predicted octanol–water partition coefficient (Wildman–Crippen LogP) is 3.89. The van der Waals surface area contributed by atoms with Gasteiger partial charge < -0.3 is 14.7 Å². The number of piperidine rings is 1. The fourth-order valence-corrected chi connectivity index (χ4v) is 5.48. The van der Waals surface area contributed by atoms with Gasteiger partial charge in [0.2, 0.25) is 0 Å². The number of carbonyl (C=O) groups is 2. The monoisotopic (exact) mass is 474 g/mol. The Balaban J connectivity index is 2.00. The fraction of sp³-hybridized carbons (Fsp3) is 0.417. The molecule has 1 aliphatic rings. The summed E-state index contributed by atoms with van der Waals surface area (Å²) in [7, 11) is -3.99. The second-order valence-electron chi connectivity index (χ2n) is 8.38. The Bertz CT molecular complexity index is 1180. The molecule has 0 radical (unpaired) electrons. The number of aryl methyl sites for hydroxylation is 3. The SMILES string of the molecule is CCOC(=O)C1CCCN(c2ccc(C(=O)O)cc2NS(=O)(=O)c2cc(C)c(C)cc2C)C1. The zero-order valence-electron chi connectivity index (χ0n) is 19.3. The van der Waals surface area contributed by atoms with Gasteiger partial charge in [0.05, 0.1) is 34.4 Å². The third kappa shape index (κ3) is 5.47. The van der Waals surface area contributed by atoms with E-state index in [4.69, 9.17) is 4.74 Å². The van der Waals surface area contributed by atoms with Crippen molar-refractivity contribution < 1.29 is 27.9 Å². The molecule has 0 aromatic heterocycles. The molecule has 1 aliphatic heterocycles. The number of benzene rings is 2. The molecule has 9 heteroatoms. The summed E-state index contributed by atoms with van der Waals surface area (Å²) in [5.41, 5.74) is 3.08. The van der Waals surface area contributed by atoms with E-state index in [1.165, 1.54) is 12.1 Å². The Hall–Kier alpha value is -3.07. The first kappa shape index (κ1) is 24.6. The molecule has 3 rings (SSSR count). The Morgan fingerprint density at radius 2 is 1.82 bits per heavy atom. The number of nitrogens with one attached hydrogen (secondary N) is 1. The minimum absolute atomic E-state index is 0.0350. The second kappa shape index (κ2) is 9.82. The van der Waals surface area contributed by atoms with Gasteiger partial charge in [0.1, 0.15) is 0 Å². The van der Waals surface area contributed by atoms with Gasteiger partial charge in [-0.1, -0.05) is 6.07 Å². The molecular weight excluding hydrogens is 444 g/mol. The van der Waals surface area contributed by atoms with Crippen LogP contribution in [0.4, 0.5) is 11.4 Å². The van der Waals surface area contributed by atoms with Crippen LogP contribution in [0.25, 0.3) is 0 Å². The van der Waals surface area contributed by atoms with Crippen molar-refractivity contribution in [2.45, 2.75) is 45.4 Å². The molecule has 1 fully saturated rings. The highest BCUT2D eigenvalue weighted by Gasteiger charge is 2.29. The first-order chi connectivity index (χ1) is 15.5. The highest BCUT2D eigenvalue weighted by Crippen LogP contribution is 2.33. The first-order valence-electron chi connectivity index (χ1n) is 10.9. The maximum Gasteiger partial charge on any atom is 0.335 e. The predicted molar refractivity (Wildman–Crippen MR) is 126 cm³/mol. The Morgan fingerprint density at radius 1 is 1.12 bits per heavy atom. The average Bonchev–Trinajstić information content (AvgIpc) is 2.76. The Kier molecular flexibility index (Phi) is 7.31. The quantitative estimate of drug-likeness (QED) is 0.585. The first-order valence-corrected chi connectivity index (χ1v) is 12.4. The zero-order valence-corrected chi connectivity index (χ0v) is 20.2. The molecule has 0 amide bonds. The molecule has 2 aromatic carbocycles.